The van der Waals surface area contributed by atoms with Crippen molar-refractivity contribution in [3.63, 3.8) is 0 Å². The van der Waals surface area contributed by atoms with Gasteiger partial charge in [0.1, 0.15) is 11.6 Å². The Labute approximate surface area is 99.9 Å². The molecule has 0 amide bonds. The first-order chi connectivity index (χ1) is 7.96. The van der Waals surface area contributed by atoms with Crippen LogP contribution in [0.2, 0.25) is 0 Å². The molecule has 2 nitrogen and oxygen atoms in total. The van der Waals surface area contributed by atoms with Gasteiger partial charge in [-0.2, -0.15) is 0 Å². The Kier molecular flexibility index (Phi) is 3.45. The van der Waals surface area contributed by atoms with Crippen LogP contribution in [-0.2, 0) is 6.54 Å². The lowest BCUT2D eigenvalue weighted by Crippen LogP contribution is -2.42. The van der Waals surface area contributed by atoms with Gasteiger partial charge in [0.05, 0.1) is 5.60 Å². The van der Waals surface area contributed by atoms with Crippen LogP contribution in [0.4, 0.5) is 8.78 Å². The second-order valence-corrected chi connectivity index (χ2v) is 5.01. The summed E-state index contributed by atoms with van der Waals surface area (Å²) < 4.78 is 26.2. The second kappa shape index (κ2) is 4.70. The molecule has 1 aliphatic rings. The molecule has 2 rings (SSSR count). The third kappa shape index (κ3) is 3.23. The average molecular weight is 241 g/mol. The zero-order valence-corrected chi connectivity index (χ0v) is 9.92. The molecule has 0 bridgehead atoms. The minimum Gasteiger partial charge on any atom is -0.390 e. The Bertz CT molecular complexity index is 396. The van der Waals surface area contributed by atoms with Gasteiger partial charge in [-0.3, -0.25) is 4.90 Å². The van der Waals surface area contributed by atoms with E-state index in [0.717, 1.165) is 19.2 Å². The summed E-state index contributed by atoms with van der Waals surface area (Å²) in [5.74, 6) is -1.05. The molecule has 1 heterocycles. The van der Waals surface area contributed by atoms with Crippen LogP contribution >= 0.6 is 0 Å². The molecule has 0 aromatic heterocycles. The second-order valence-electron chi connectivity index (χ2n) is 5.01. The lowest BCUT2D eigenvalue weighted by Gasteiger charge is -2.35. The molecule has 94 valence electrons. The summed E-state index contributed by atoms with van der Waals surface area (Å²) >= 11 is 0. The summed E-state index contributed by atoms with van der Waals surface area (Å²) in [6, 6.07) is 3.67. The number of hydrogen-bond acceptors (Lipinski definition) is 2. The SMILES string of the molecule is CC1(O)CCN(Cc2ccc(F)cc2F)CC1. The van der Waals surface area contributed by atoms with Crippen molar-refractivity contribution in [2.45, 2.75) is 31.9 Å². The Morgan fingerprint density at radius 1 is 1.29 bits per heavy atom. The lowest BCUT2D eigenvalue weighted by atomic mass is 9.93. The number of likely N-dealkylation sites (tertiary alicyclic amines) is 1. The summed E-state index contributed by atoms with van der Waals surface area (Å²) in [5.41, 5.74) is -0.0920. The highest BCUT2D eigenvalue weighted by Crippen LogP contribution is 2.23. The molecule has 17 heavy (non-hydrogen) atoms. The highest BCUT2D eigenvalue weighted by atomic mass is 19.1. The fraction of sp³-hybridized carbons (Fsp3) is 0.538. The van der Waals surface area contributed by atoms with Crippen molar-refractivity contribution < 1.29 is 13.9 Å². The summed E-state index contributed by atoms with van der Waals surface area (Å²) in [7, 11) is 0. The predicted octanol–water partition coefficient (Wildman–Crippen LogP) is 2.31. The van der Waals surface area contributed by atoms with E-state index in [4.69, 9.17) is 0 Å². The molecule has 0 radical (unpaired) electrons. The van der Waals surface area contributed by atoms with Crippen molar-refractivity contribution in [1.82, 2.24) is 4.90 Å². The molecule has 1 aromatic rings. The molecule has 4 heteroatoms. The number of piperidine rings is 1. The Morgan fingerprint density at radius 2 is 1.94 bits per heavy atom. The third-order valence-corrected chi connectivity index (χ3v) is 3.34. The number of rotatable bonds is 2. The summed E-state index contributed by atoms with van der Waals surface area (Å²) in [4.78, 5) is 2.08. The minimum atomic E-state index is -0.599. The van der Waals surface area contributed by atoms with Gasteiger partial charge in [-0.05, 0) is 25.8 Å². The molecule has 1 N–H and O–H groups in total. The maximum atomic E-state index is 13.4. The molecular formula is C13H17F2NO. The molecule has 0 unspecified atom stereocenters. The summed E-state index contributed by atoms with van der Waals surface area (Å²) in [5, 5.41) is 9.80. The summed E-state index contributed by atoms with van der Waals surface area (Å²) in [6.45, 7) is 3.78. The highest BCUT2D eigenvalue weighted by Gasteiger charge is 2.27. The van der Waals surface area contributed by atoms with Crippen LogP contribution < -0.4 is 0 Å². The van der Waals surface area contributed by atoms with Gasteiger partial charge in [0.15, 0.2) is 0 Å². The largest absolute Gasteiger partial charge is 0.390 e. The van der Waals surface area contributed by atoms with Gasteiger partial charge in [0, 0.05) is 31.3 Å². The van der Waals surface area contributed by atoms with E-state index < -0.39 is 17.2 Å². The van der Waals surface area contributed by atoms with Gasteiger partial charge >= 0.3 is 0 Å². The first-order valence-electron chi connectivity index (χ1n) is 5.85. The van der Waals surface area contributed by atoms with Gasteiger partial charge in [-0.15, -0.1) is 0 Å². The minimum absolute atomic E-state index is 0.474. The van der Waals surface area contributed by atoms with Crippen LogP contribution in [0.3, 0.4) is 0 Å². The van der Waals surface area contributed by atoms with E-state index in [1.165, 1.54) is 12.1 Å². The van der Waals surface area contributed by atoms with E-state index in [9.17, 15) is 13.9 Å². The molecular weight excluding hydrogens is 224 g/mol. The van der Waals surface area contributed by atoms with E-state index in [1.807, 2.05) is 6.92 Å². The van der Waals surface area contributed by atoms with Crippen LogP contribution in [0.1, 0.15) is 25.3 Å². The number of halogens is 2. The first kappa shape index (κ1) is 12.5. The van der Waals surface area contributed by atoms with E-state index >= 15 is 0 Å². The topological polar surface area (TPSA) is 23.5 Å². The normalized spacial score (nSPS) is 20.5. The average Bonchev–Trinajstić information content (AvgIpc) is 2.25. The smallest absolute Gasteiger partial charge is 0.130 e. The van der Waals surface area contributed by atoms with Crippen molar-refractivity contribution in [3.8, 4) is 0 Å². The summed E-state index contributed by atoms with van der Waals surface area (Å²) in [6.07, 6.45) is 1.38. The third-order valence-electron chi connectivity index (χ3n) is 3.34. The first-order valence-corrected chi connectivity index (χ1v) is 5.85. The van der Waals surface area contributed by atoms with E-state index in [2.05, 4.69) is 4.90 Å². The number of benzene rings is 1. The number of aliphatic hydroxyl groups is 1. The van der Waals surface area contributed by atoms with Crippen molar-refractivity contribution in [1.29, 1.82) is 0 Å². The van der Waals surface area contributed by atoms with Crippen LogP contribution in [0.5, 0.6) is 0 Å². The zero-order chi connectivity index (χ0) is 12.5. The van der Waals surface area contributed by atoms with E-state index in [0.29, 0.717) is 24.9 Å². The molecule has 1 aromatic carbocycles. The molecule has 0 aliphatic carbocycles. The quantitative estimate of drug-likeness (QED) is 0.859. The van der Waals surface area contributed by atoms with Gasteiger partial charge in [-0.25, -0.2) is 8.78 Å². The maximum absolute atomic E-state index is 13.4. The van der Waals surface area contributed by atoms with E-state index in [1.54, 1.807) is 0 Å². The van der Waals surface area contributed by atoms with Crippen LogP contribution in [0.25, 0.3) is 0 Å². The monoisotopic (exact) mass is 241 g/mol. The predicted molar refractivity (Wildman–Crippen MR) is 61.5 cm³/mol. The van der Waals surface area contributed by atoms with Gasteiger partial charge in [0.2, 0.25) is 0 Å². The van der Waals surface area contributed by atoms with Crippen molar-refractivity contribution in [2.24, 2.45) is 0 Å². The van der Waals surface area contributed by atoms with Crippen molar-refractivity contribution in [3.05, 3.63) is 35.4 Å². The molecule has 1 saturated heterocycles. The molecule has 0 spiro atoms. The van der Waals surface area contributed by atoms with Crippen molar-refractivity contribution in [2.75, 3.05) is 13.1 Å². The maximum Gasteiger partial charge on any atom is 0.130 e. The van der Waals surface area contributed by atoms with Crippen LogP contribution in [-0.4, -0.2) is 28.7 Å². The Morgan fingerprint density at radius 3 is 2.53 bits per heavy atom. The number of hydrogen-bond donors (Lipinski definition) is 1. The van der Waals surface area contributed by atoms with E-state index in [-0.39, 0.29) is 0 Å². The Balaban J connectivity index is 1.98. The molecule has 1 aliphatic heterocycles. The van der Waals surface area contributed by atoms with Crippen LogP contribution in [0.15, 0.2) is 18.2 Å². The van der Waals surface area contributed by atoms with Crippen molar-refractivity contribution >= 4 is 0 Å². The standard InChI is InChI=1S/C13H17F2NO/c1-13(17)4-6-16(7-5-13)9-10-2-3-11(14)8-12(10)15/h2-3,8,17H,4-7,9H2,1H3. The van der Waals surface area contributed by atoms with Gasteiger partial charge < -0.3 is 5.11 Å². The highest BCUT2D eigenvalue weighted by molar-refractivity contribution is 5.18. The van der Waals surface area contributed by atoms with Crippen LogP contribution in [0, 0.1) is 11.6 Å². The zero-order valence-electron chi connectivity index (χ0n) is 9.92. The van der Waals surface area contributed by atoms with Gasteiger partial charge in [-0.1, -0.05) is 6.07 Å². The number of nitrogens with zero attached hydrogens (tertiary/aromatic N) is 1. The molecule has 1 fully saturated rings. The Hall–Kier alpha value is -1.00. The van der Waals surface area contributed by atoms with Gasteiger partial charge in [0.25, 0.3) is 0 Å². The lowest BCUT2D eigenvalue weighted by molar-refractivity contribution is -0.00750. The molecule has 0 atom stereocenters. The fourth-order valence-corrected chi connectivity index (χ4v) is 2.08. The molecule has 0 saturated carbocycles. The fourth-order valence-electron chi connectivity index (χ4n) is 2.08.